The largest absolute Gasteiger partial charge is 0.481 e. The van der Waals surface area contributed by atoms with Crippen molar-refractivity contribution in [3.8, 4) is 11.1 Å². The van der Waals surface area contributed by atoms with Crippen molar-refractivity contribution in [2.75, 3.05) is 11.9 Å². The van der Waals surface area contributed by atoms with E-state index < -0.39 is 35.5 Å². The van der Waals surface area contributed by atoms with Crippen LogP contribution in [-0.2, 0) is 14.3 Å². The molecule has 2 atom stereocenters. The maximum Gasteiger partial charge on any atom is 0.341 e. The highest BCUT2D eigenvalue weighted by molar-refractivity contribution is 7.15. The van der Waals surface area contributed by atoms with Crippen LogP contribution >= 0.6 is 11.3 Å². The van der Waals surface area contributed by atoms with Crippen LogP contribution in [0.3, 0.4) is 0 Å². The van der Waals surface area contributed by atoms with Crippen LogP contribution in [0.2, 0.25) is 0 Å². The minimum absolute atomic E-state index is 0.187. The molecule has 0 spiro atoms. The van der Waals surface area contributed by atoms with E-state index in [0.717, 1.165) is 11.3 Å². The quantitative estimate of drug-likeness (QED) is 0.489. The average Bonchev–Trinajstić information content (AvgIpc) is 3.16. The summed E-state index contributed by atoms with van der Waals surface area (Å²) < 4.78 is 18.6. The molecular formula is C22H22FNO5S. The molecule has 1 heterocycles. The summed E-state index contributed by atoms with van der Waals surface area (Å²) >= 11 is 1.15. The number of carbonyl (C=O) groups is 3. The molecule has 8 heteroatoms. The Balaban J connectivity index is 1.92. The van der Waals surface area contributed by atoms with Crippen molar-refractivity contribution in [3.05, 3.63) is 53.2 Å². The SMILES string of the molecule is CCCOC(=O)c1c(-c2ccc(F)cc2)csc1NC(=O)C1CC=CCC1C(=O)O. The summed E-state index contributed by atoms with van der Waals surface area (Å²) in [4.78, 5) is 37.1. The molecule has 2 unspecified atom stereocenters. The van der Waals surface area contributed by atoms with Gasteiger partial charge in [-0.25, -0.2) is 9.18 Å². The number of halogens is 1. The van der Waals surface area contributed by atoms with Gasteiger partial charge in [0.2, 0.25) is 5.91 Å². The van der Waals surface area contributed by atoms with Crippen LogP contribution in [0.25, 0.3) is 11.1 Å². The number of benzene rings is 1. The van der Waals surface area contributed by atoms with Crippen molar-refractivity contribution in [2.45, 2.75) is 26.2 Å². The molecule has 30 heavy (non-hydrogen) atoms. The van der Waals surface area contributed by atoms with Gasteiger partial charge in [-0.1, -0.05) is 31.2 Å². The van der Waals surface area contributed by atoms with Crippen molar-refractivity contribution < 1.29 is 28.6 Å². The minimum Gasteiger partial charge on any atom is -0.481 e. The van der Waals surface area contributed by atoms with Gasteiger partial charge in [0.05, 0.1) is 18.4 Å². The fourth-order valence-electron chi connectivity index (χ4n) is 3.34. The molecule has 0 bridgehead atoms. The minimum atomic E-state index is -1.03. The van der Waals surface area contributed by atoms with Gasteiger partial charge in [0.1, 0.15) is 16.4 Å². The van der Waals surface area contributed by atoms with Gasteiger partial charge in [0.15, 0.2) is 0 Å². The number of aliphatic carboxylic acids is 1. The van der Waals surface area contributed by atoms with Gasteiger partial charge < -0.3 is 15.2 Å². The molecule has 1 amide bonds. The van der Waals surface area contributed by atoms with Crippen molar-refractivity contribution in [1.29, 1.82) is 0 Å². The topological polar surface area (TPSA) is 92.7 Å². The molecule has 2 aromatic rings. The number of allylic oxidation sites excluding steroid dienone is 2. The zero-order chi connectivity index (χ0) is 21.7. The van der Waals surface area contributed by atoms with Crippen molar-refractivity contribution in [2.24, 2.45) is 11.8 Å². The van der Waals surface area contributed by atoms with Crippen LogP contribution in [0.4, 0.5) is 9.39 Å². The number of hydrogen-bond acceptors (Lipinski definition) is 5. The second-order valence-corrected chi connectivity index (χ2v) is 7.86. The smallest absolute Gasteiger partial charge is 0.341 e. The molecule has 0 saturated carbocycles. The van der Waals surface area contributed by atoms with Gasteiger partial charge in [-0.3, -0.25) is 9.59 Å². The van der Waals surface area contributed by atoms with Gasteiger partial charge in [0, 0.05) is 10.9 Å². The molecule has 3 rings (SSSR count). The van der Waals surface area contributed by atoms with E-state index >= 15 is 0 Å². The van der Waals surface area contributed by atoms with Gasteiger partial charge in [-0.15, -0.1) is 11.3 Å². The van der Waals surface area contributed by atoms with Crippen molar-refractivity contribution in [3.63, 3.8) is 0 Å². The summed E-state index contributed by atoms with van der Waals surface area (Å²) in [7, 11) is 0. The number of thiophene rings is 1. The van der Waals surface area contributed by atoms with Crippen LogP contribution in [-0.4, -0.2) is 29.6 Å². The van der Waals surface area contributed by atoms with Crippen molar-refractivity contribution >= 4 is 34.2 Å². The lowest BCUT2D eigenvalue weighted by atomic mass is 9.82. The van der Waals surface area contributed by atoms with E-state index in [9.17, 15) is 23.9 Å². The van der Waals surface area contributed by atoms with E-state index in [1.54, 1.807) is 29.7 Å². The summed E-state index contributed by atoms with van der Waals surface area (Å²) in [5.41, 5.74) is 1.32. The number of nitrogens with one attached hydrogen (secondary N) is 1. The predicted molar refractivity (Wildman–Crippen MR) is 112 cm³/mol. The van der Waals surface area contributed by atoms with E-state index in [1.807, 2.05) is 6.92 Å². The Morgan fingerprint density at radius 2 is 1.83 bits per heavy atom. The van der Waals surface area contributed by atoms with Gasteiger partial charge in [-0.05, 0) is 37.0 Å². The summed E-state index contributed by atoms with van der Waals surface area (Å²) in [6.07, 6.45) is 4.78. The molecule has 1 aliphatic rings. The zero-order valence-electron chi connectivity index (χ0n) is 16.4. The van der Waals surface area contributed by atoms with Crippen LogP contribution in [0.5, 0.6) is 0 Å². The molecule has 158 valence electrons. The molecule has 1 aromatic heterocycles. The normalized spacial score (nSPS) is 18.1. The monoisotopic (exact) mass is 431 g/mol. The molecule has 0 aliphatic heterocycles. The molecule has 1 aliphatic carbocycles. The van der Waals surface area contributed by atoms with E-state index in [1.165, 1.54) is 12.1 Å². The molecule has 2 N–H and O–H groups in total. The Hall–Kier alpha value is -3.00. The molecule has 0 fully saturated rings. The highest BCUT2D eigenvalue weighted by Crippen LogP contribution is 2.37. The number of anilines is 1. The number of carboxylic acid groups (broad SMARTS) is 1. The Morgan fingerprint density at radius 3 is 2.47 bits per heavy atom. The second-order valence-electron chi connectivity index (χ2n) is 6.98. The lowest BCUT2D eigenvalue weighted by molar-refractivity contribution is -0.146. The van der Waals surface area contributed by atoms with Crippen LogP contribution < -0.4 is 5.32 Å². The third kappa shape index (κ3) is 4.76. The number of amides is 1. The number of rotatable bonds is 7. The maximum atomic E-state index is 13.3. The lowest BCUT2D eigenvalue weighted by Gasteiger charge is -2.24. The first-order valence-electron chi connectivity index (χ1n) is 9.65. The van der Waals surface area contributed by atoms with Gasteiger partial charge in [-0.2, -0.15) is 0 Å². The maximum absolute atomic E-state index is 13.3. The van der Waals surface area contributed by atoms with Crippen LogP contribution in [0, 0.1) is 17.7 Å². The molecular weight excluding hydrogens is 409 g/mol. The first-order valence-corrected chi connectivity index (χ1v) is 10.5. The fraction of sp³-hybridized carbons (Fsp3) is 0.318. The molecule has 0 radical (unpaired) electrons. The van der Waals surface area contributed by atoms with E-state index in [-0.39, 0.29) is 18.6 Å². The predicted octanol–water partition coefficient (Wildman–Crippen LogP) is 4.73. The van der Waals surface area contributed by atoms with Crippen molar-refractivity contribution in [1.82, 2.24) is 0 Å². The number of esters is 1. The average molecular weight is 431 g/mol. The first-order chi connectivity index (χ1) is 14.4. The second kappa shape index (κ2) is 9.67. The highest BCUT2D eigenvalue weighted by Gasteiger charge is 2.35. The zero-order valence-corrected chi connectivity index (χ0v) is 17.2. The third-order valence-corrected chi connectivity index (χ3v) is 5.81. The number of hydrogen-bond donors (Lipinski definition) is 2. The van der Waals surface area contributed by atoms with Gasteiger partial charge in [0.25, 0.3) is 0 Å². The number of carboxylic acids is 1. The standard InChI is InChI=1S/C22H22FNO5S/c1-2-11-29-22(28)18-17(13-7-9-14(23)10-8-13)12-30-20(18)24-19(25)15-5-3-4-6-16(15)21(26)27/h3-4,7-10,12,15-16H,2,5-6,11H2,1H3,(H,24,25)(H,26,27). The Labute approximate surface area is 177 Å². The van der Waals surface area contributed by atoms with E-state index in [4.69, 9.17) is 4.74 Å². The summed E-state index contributed by atoms with van der Waals surface area (Å²) in [5.74, 6) is -4.02. The Kier molecular flexibility index (Phi) is 6.99. The molecule has 6 nitrogen and oxygen atoms in total. The van der Waals surface area contributed by atoms with E-state index in [2.05, 4.69) is 5.32 Å². The summed E-state index contributed by atoms with van der Waals surface area (Å²) in [5, 5.41) is 14.1. The first kappa shape index (κ1) is 21.7. The van der Waals surface area contributed by atoms with E-state index in [0.29, 0.717) is 29.0 Å². The Morgan fingerprint density at radius 1 is 1.17 bits per heavy atom. The van der Waals surface area contributed by atoms with Gasteiger partial charge >= 0.3 is 11.9 Å². The Bertz CT molecular complexity index is 966. The summed E-state index contributed by atoms with van der Waals surface area (Å²) in [6, 6.07) is 5.68. The molecule has 0 saturated heterocycles. The lowest BCUT2D eigenvalue weighted by Crippen LogP contribution is -2.34. The number of carbonyl (C=O) groups excluding carboxylic acids is 2. The van der Waals surface area contributed by atoms with Crippen LogP contribution in [0.1, 0.15) is 36.5 Å². The third-order valence-electron chi connectivity index (χ3n) is 4.91. The number of ether oxygens (including phenoxy) is 1. The summed E-state index contributed by atoms with van der Waals surface area (Å²) in [6.45, 7) is 2.09. The fourth-order valence-corrected chi connectivity index (χ4v) is 4.30. The molecule has 1 aromatic carbocycles. The highest BCUT2D eigenvalue weighted by atomic mass is 32.1. The van der Waals surface area contributed by atoms with Crippen LogP contribution in [0.15, 0.2) is 41.8 Å².